The largest absolute Gasteiger partial charge is 0.348 e. The normalized spacial score (nSPS) is 25.9. The minimum atomic E-state index is -0.191. The predicted octanol–water partition coefficient (Wildman–Crippen LogP) is 2.07. The standard InChI is InChI=1S/C15H19FN2O/c16-11-6-7-12-10(9-11)3-1-4-13(12)18-15(19)14-5-2-8-17-14/h6-7,9,13-14,17H,1-5,8H2,(H,18,19)/t13-,14+/m1/s1. The molecule has 1 saturated heterocycles. The van der Waals surface area contributed by atoms with E-state index in [4.69, 9.17) is 0 Å². The van der Waals surface area contributed by atoms with E-state index >= 15 is 0 Å². The molecule has 0 unspecified atom stereocenters. The second-order valence-electron chi connectivity index (χ2n) is 5.45. The van der Waals surface area contributed by atoms with Crippen molar-refractivity contribution in [2.75, 3.05) is 6.54 Å². The van der Waals surface area contributed by atoms with Gasteiger partial charge < -0.3 is 10.6 Å². The van der Waals surface area contributed by atoms with E-state index in [1.807, 2.05) is 6.07 Å². The minimum absolute atomic E-state index is 0.0410. The van der Waals surface area contributed by atoms with Gasteiger partial charge in [-0.2, -0.15) is 0 Å². The van der Waals surface area contributed by atoms with Crippen LogP contribution < -0.4 is 10.6 Å². The molecule has 0 aromatic heterocycles. The molecule has 4 heteroatoms. The van der Waals surface area contributed by atoms with Crippen molar-refractivity contribution in [3.8, 4) is 0 Å². The van der Waals surface area contributed by atoms with Crippen LogP contribution in [-0.4, -0.2) is 18.5 Å². The van der Waals surface area contributed by atoms with E-state index in [1.165, 1.54) is 6.07 Å². The molecule has 1 amide bonds. The van der Waals surface area contributed by atoms with Crippen LogP contribution in [0.1, 0.15) is 42.9 Å². The van der Waals surface area contributed by atoms with Crippen molar-refractivity contribution in [3.63, 3.8) is 0 Å². The summed E-state index contributed by atoms with van der Waals surface area (Å²) in [5.41, 5.74) is 2.12. The first-order valence-electron chi connectivity index (χ1n) is 7.06. The highest BCUT2D eigenvalue weighted by Crippen LogP contribution is 2.30. The zero-order chi connectivity index (χ0) is 13.2. The van der Waals surface area contributed by atoms with Crippen molar-refractivity contribution in [2.45, 2.75) is 44.2 Å². The number of nitrogens with one attached hydrogen (secondary N) is 2. The lowest BCUT2D eigenvalue weighted by molar-refractivity contribution is -0.123. The van der Waals surface area contributed by atoms with Crippen molar-refractivity contribution in [2.24, 2.45) is 0 Å². The van der Waals surface area contributed by atoms with Gasteiger partial charge in [0.2, 0.25) is 5.91 Å². The fourth-order valence-electron chi connectivity index (χ4n) is 3.11. The average Bonchev–Trinajstić information content (AvgIpc) is 2.92. The number of aryl methyl sites for hydroxylation is 1. The molecule has 1 aliphatic heterocycles. The number of hydrogen-bond acceptors (Lipinski definition) is 2. The van der Waals surface area contributed by atoms with Gasteiger partial charge in [0.25, 0.3) is 0 Å². The van der Waals surface area contributed by atoms with E-state index in [0.717, 1.165) is 49.8 Å². The van der Waals surface area contributed by atoms with Gasteiger partial charge >= 0.3 is 0 Å². The monoisotopic (exact) mass is 262 g/mol. The number of rotatable bonds is 2. The summed E-state index contributed by atoms with van der Waals surface area (Å²) in [6.07, 6.45) is 4.82. The van der Waals surface area contributed by atoms with Crippen molar-refractivity contribution < 1.29 is 9.18 Å². The third-order valence-corrected chi connectivity index (χ3v) is 4.11. The molecular formula is C15H19FN2O. The van der Waals surface area contributed by atoms with E-state index in [9.17, 15) is 9.18 Å². The first-order valence-corrected chi connectivity index (χ1v) is 7.06. The molecule has 2 atom stereocenters. The second kappa shape index (κ2) is 5.29. The third kappa shape index (κ3) is 2.63. The minimum Gasteiger partial charge on any atom is -0.348 e. The first kappa shape index (κ1) is 12.6. The molecule has 19 heavy (non-hydrogen) atoms. The molecule has 0 saturated carbocycles. The maximum absolute atomic E-state index is 13.2. The number of carbonyl (C=O) groups excluding carboxylic acids is 1. The van der Waals surface area contributed by atoms with Gasteiger partial charge in [0.05, 0.1) is 12.1 Å². The zero-order valence-electron chi connectivity index (χ0n) is 10.9. The highest BCUT2D eigenvalue weighted by molar-refractivity contribution is 5.82. The van der Waals surface area contributed by atoms with Crippen LogP contribution in [0.15, 0.2) is 18.2 Å². The van der Waals surface area contributed by atoms with Gasteiger partial charge in [-0.3, -0.25) is 4.79 Å². The SMILES string of the molecule is O=C(N[C@@H]1CCCc2cc(F)ccc21)[C@@H]1CCCN1. The molecule has 102 valence electrons. The number of fused-ring (bicyclic) bond motifs is 1. The fraction of sp³-hybridized carbons (Fsp3) is 0.533. The molecule has 0 bridgehead atoms. The highest BCUT2D eigenvalue weighted by Gasteiger charge is 2.27. The first-order chi connectivity index (χ1) is 9.24. The maximum atomic E-state index is 13.2. The molecule has 1 heterocycles. The Morgan fingerprint density at radius 2 is 2.21 bits per heavy atom. The Balaban J connectivity index is 1.74. The Bertz CT molecular complexity index is 483. The summed E-state index contributed by atoms with van der Waals surface area (Å²) in [6.45, 7) is 0.921. The van der Waals surface area contributed by atoms with Crippen LogP contribution in [0.25, 0.3) is 0 Å². The van der Waals surface area contributed by atoms with Gasteiger partial charge in [-0.05, 0) is 61.9 Å². The Labute approximate surface area is 112 Å². The topological polar surface area (TPSA) is 41.1 Å². The lowest BCUT2D eigenvalue weighted by atomic mass is 9.87. The molecule has 1 aromatic rings. The Morgan fingerprint density at radius 3 is 3.00 bits per heavy atom. The second-order valence-corrected chi connectivity index (χ2v) is 5.45. The zero-order valence-corrected chi connectivity index (χ0v) is 10.9. The van der Waals surface area contributed by atoms with Crippen LogP contribution in [0, 0.1) is 5.82 Å². The maximum Gasteiger partial charge on any atom is 0.237 e. The van der Waals surface area contributed by atoms with Crippen LogP contribution in [0.5, 0.6) is 0 Å². The van der Waals surface area contributed by atoms with Crippen LogP contribution in [0.3, 0.4) is 0 Å². The van der Waals surface area contributed by atoms with Crippen LogP contribution in [0.4, 0.5) is 4.39 Å². The van der Waals surface area contributed by atoms with Gasteiger partial charge in [-0.15, -0.1) is 0 Å². The quantitative estimate of drug-likeness (QED) is 0.856. The lowest BCUT2D eigenvalue weighted by Crippen LogP contribution is -2.42. The lowest BCUT2D eigenvalue weighted by Gasteiger charge is -2.27. The highest BCUT2D eigenvalue weighted by atomic mass is 19.1. The smallest absolute Gasteiger partial charge is 0.237 e. The summed E-state index contributed by atoms with van der Waals surface area (Å²) in [5.74, 6) is -0.108. The molecule has 1 aliphatic carbocycles. The van der Waals surface area contributed by atoms with E-state index in [2.05, 4.69) is 10.6 Å². The summed E-state index contributed by atoms with van der Waals surface area (Å²) < 4.78 is 13.2. The van der Waals surface area contributed by atoms with Gasteiger partial charge in [0.15, 0.2) is 0 Å². The summed E-state index contributed by atoms with van der Waals surface area (Å²) in [4.78, 5) is 12.1. The fourth-order valence-corrected chi connectivity index (χ4v) is 3.11. The van der Waals surface area contributed by atoms with E-state index in [1.54, 1.807) is 6.07 Å². The van der Waals surface area contributed by atoms with E-state index in [0.29, 0.717) is 0 Å². The van der Waals surface area contributed by atoms with Crippen LogP contribution >= 0.6 is 0 Å². The molecule has 0 spiro atoms. The number of amides is 1. The van der Waals surface area contributed by atoms with Crippen molar-refractivity contribution in [1.29, 1.82) is 0 Å². The molecule has 0 radical (unpaired) electrons. The molecular weight excluding hydrogens is 243 g/mol. The number of carbonyl (C=O) groups is 1. The summed E-state index contributed by atoms with van der Waals surface area (Å²) >= 11 is 0. The summed E-state index contributed by atoms with van der Waals surface area (Å²) in [6, 6.07) is 4.89. The Kier molecular flexibility index (Phi) is 3.51. The molecule has 3 rings (SSSR count). The summed E-state index contributed by atoms with van der Waals surface area (Å²) in [7, 11) is 0. The molecule has 2 N–H and O–H groups in total. The number of halogens is 1. The molecule has 2 aliphatic rings. The summed E-state index contributed by atoms with van der Waals surface area (Å²) in [5, 5.41) is 6.32. The number of hydrogen-bond donors (Lipinski definition) is 2. The number of benzene rings is 1. The van der Waals surface area contributed by atoms with Gasteiger partial charge in [-0.1, -0.05) is 6.07 Å². The third-order valence-electron chi connectivity index (χ3n) is 4.11. The van der Waals surface area contributed by atoms with Crippen molar-refractivity contribution in [1.82, 2.24) is 10.6 Å². The Hall–Kier alpha value is -1.42. The van der Waals surface area contributed by atoms with Gasteiger partial charge in [0, 0.05) is 0 Å². The van der Waals surface area contributed by atoms with Crippen molar-refractivity contribution in [3.05, 3.63) is 35.1 Å². The van der Waals surface area contributed by atoms with Crippen molar-refractivity contribution >= 4 is 5.91 Å². The van der Waals surface area contributed by atoms with E-state index < -0.39 is 0 Å². The molecule has 1 fully saturated rings. The predicted molar refractivity (Wildman–Crippen MR) is 71.2 cm³/mol. The van der Waals surface area contributed by atoms with Gasteiger partial charge in [0.1, 0.15) is 5.82 Å². The average molecular weight is 262 g/mol. The van der Waals surface area contributed by atoms with Crippen LogP contribution in [0.2, 0.25) is 0 Å². The van der Waals surface area contributed by atoms with Gasteiger partial charge in [-0.25, -0.2) is 4.39 Å². The Morgan fingerprint density at radius 1 is 1.32 bits per heavy atom. The molecule has 1 aromatic carbocycles. The van der Waals surface area contributed by atoms with E-state index in [-0.39, 0.29) is 23.8 Å². The molecule has 3 nitrogen and oxygen atoms in total. The van der Waals surface area contributed by atoms with Crippen LogP contribution in [-0.2, 0) is 11.2 Å².